The van der Waals surface area contributed by atoms with Crippen LogP contribution >= 0.6 is 0 Å². The van der Waals surface area contributed by atoms with Gasteiger partial charge in [0.2, 0.25) is 5.91 Å². The maximum Gasteiger partial charge on any atom is 0.271 e. The number of hydrogen-bond donors (Lipinski definition) is 2. The monoisotopic (exact) mass is 414 g/mol. The van der Waals surface area contributed by atoms with Crippen LogP contribution in [-0.2, 0) is 4.79 Å². The van der Waals surface area contributed by atoms with Crippen LogP contribution in [0.15, 0.2) is 41.5 Å². The van der Waals surface area contributed by atoms with Gasteiger partial charge in [-0.25, -0.2) is 5.43 Å². The Morgan fingerprint density at radius 1 is 1.10 bits per heavy atom. The van der Waals surface area contributed by atoms with Gasteiger partial charge in [-0.3, -0.25) is 19.7 Å². The second-order valence-electron chi connectivity index (χ2n) is 6.37. The van der Waals surface area contributed by atoms with Crippen molar-refractivity contribution in [2.24, 2.45) is 5.10 Å². The van der Waals surface area contributed by atoms with Crippen molar-refractivity contribution in [3.8, 4) is 11.5 Å². The summed E-state index contributed by atoms with van der Waals surface area (Å²) in [4.78, 5) is 34.9. The van der Waals surface area contributed by atoms with Crippen LogP contribution < -0.4 is 20.2 Å². The molecule has 0 spiro atoms. The third kappa shape index (κ3) is 6.03. The van der Waals surface area contributed by atoms with E-state index in [4.69, 9.17) is 9.47 Å². The third-order valence-electron chi connectivity index (χ3n) is 4.08. The highest BCUT2D eigenvalue weighted by Crippen LogP contribution is 2.23. The molecule has 2 aromatic carbocycles. The molecule has 10 heteroatoms. The van der Waals surface area contributed by atoms with Crippen LogP contribution in [-0.4, -0.2) is 36.7 Å². The highest BCUT2D eigenvalue weighted by atomic mass is 16.6. The lowest BCUT2D eigenvalue weighted by molar-refractivity contribution is -0.384. The van der Waals surface area contributed by atoms with Crippen LogP contribution in [0.5, 0.6) is 11.5 Å². The minimum Gasteiger partial charge on any atom is -0.497 e. The molecule has 2 rings (SSSR count). The van der Waals surface area contributed by atoms with E-state index in [1.54, 1.807) is 26.0 Å². The number of hydrazone groups is 1. The largest absolute Gasteiger partial charge is 0.497 e. The van der Waals surface area contributed by atoms with Gasteiger partial charge in [0.15, 0.2) is 0 Å². The highest BCUT2D eigenvalue weighted by molar-refractivity contribution is 6.06. The Balaban J connectivity index is 2.01. The number of benzene rings is 2. The fourth-order valence-corrected chi connectivity index (χ4v) is 2.47. The van der Waals surface area contributed by atoms with Crippen LogP contribution in [0.4, 0.5) is 11.4 Å². The molecule has 0 atom stereocenters. The molecule has 30 heavy (non-hydrogen) atoms. The van der Waals surface area contributed by atoms with Gasteiger partial charge in [0.05, 0.1) is 31.3 Å². The molecule has 0 aliphatic rings. The molecule has 0 aliphatic heterocycles. The van der Waals surface area contributed by atoms with Crippen LogP contribution in [0.25, 0.3) is 0 Å². The number of anilines is 1. The summed E-state index contributed by atoms with van der Waals surface area (Å²) in [7, 11) is 2.95. The summed E-state index contributed by atoms with van der Waals surface area (Å²) in [6, 6.07) is 8.89. The number of non-ortho nitro benzene ring substituents is 1. The van der Waals surface area contributed by atoms with E-state index >= 15 is 0 Å². The molecule has 0 bridgehead atoms. The van der Waals surface area contributed by atoms with Crippen LogP contribution in [0.2, 0.25) is 0 Å². The van der Waals surface area contributed by atoms with Gasteiger partial charge in [-0.15, -0.1) is 0 Å². The second kappa shape index (κ2) is 10.0. The molecule has 0 unspecified atom stereocenters. The third-order valence-corrected chi connectivity index (χ3v) is 4.08. The number of nitrogens with one attached hydrogen (secondary N) is 2. The molecule has 158 valence electrons. The summed E-state index contributed by atoms with van der Waals surface area (Å²) in [6.07, 6.45) is -0.107. The zero-order valence-electron chi connectivity index (χ0n) is 17.0. The average Bonchev–Trinajstić information content (AvgIpc) is 2.72. The molecule has 10 nitrogen and oxygen atoms in total. The smallest absolute Gasteiger partial charge is 0.271 e. The molecular weight excluding hydrogens is 392 g/mol. The maximum absolute atomic E-state index is 12.3. The standard InChI is InChI=1S/C20H22N4O6/c1-12-5-6-15(24(27)28)10-18(12)21-19(25)7-13(2)22-23-20(26)14-8-16(29-3)11-17(9-14)30-4/h5-6,8-11H,7H2,1-4H3,(H,21,25)(H,23,26)/b22-13-. The fraction of sp³-hybridized carbons (Fsp3) is 0.250. The Bertz CT molecular complexity index is 981. The number of rotatable bonds is 8. The molecule has 0 aromatic heterocycles. The van der Waals surface area contributed by atoms with Crippen molar-refractivity contribution >= 4 is 28.9 Å². The van der Waals surface area contributed by atoms with Gasteiger partial charge in [0.1, 0.15) is 11.5 Å². The van der Waals surface area contributed by atoms with E-state index in [-0.39, 0.29) is 17.7 Å². The van der Waals surface area contributed by atoms with Crippen molar-refractivity contribution in [1.29, 1.82) is 0 Å². The first kappa shape index (κ1) is 22.3. The summed E-state index contributed by atoms with van der Waals surface area (Å²) < 4.78 is 10.2. The van der Waals surface area contributed by atoms with Gasteiger partial charge in [-0.05, 0) is 31.5 Å². The zero-order chi connectivity index (χ0) is 22.3. The molecule has 2 amide bonds. The van der Waals surface area contributed by atoms with Gasteiger partial charge >= 0.3 is 0 Å². The predicted molar refractivity (Wildman–Crippen MR) is 111 cm³/mol. The van der Waals surface area contributed by atoms with E-state index in [1.165, 1.54) is 38.5 Å². The second-order valence-corrected chi connectivity index (χ2v) is 6.37. The molecule has 0 fully saturated rings. The fourth-order valence-electron chi connectivity index (χ4n) is 2.47. The van der Waals surface area contributed by atoms with Crippen molar-refractivity contribution in [1.82, 2.24) is 5.43 Å². The molecule has 0 heterocycles. The quantitative estimate of drug-likeness (QED) is 0.388. The minimum atomic E-state index is -0.537. The number of nitro groups is 1. The summed E-state index contributed by atoms with van der Waals surface area (Å²) in [5, 5.41) is 17.4. The van der Waals surface area contributed by atoms with Gasteiger partial charge in [0, 0.05) is 29.5 Å². The van der Waals surface area contributed by atoms with Gasteiger partial charge in [-0.2, -0.15) is 5.10 Å². The highest BCUT2D eigenvalue weighted by Gasteiger charge is 2.13. The van der Waals surface area contributed by atoms with E-state index in [0.29, 0.717) is 28.5 Å². The van der Waals surface area contributed by atoms with Crippen molar-refractivity contribution in [2.75, 3.05) is 19.5 Å². The van der Waals surface area contributed by atoms with Crippen molar-refractivity contribution in [3.05, 3.63) is 57.6 Å². The number of hydrogen-bond acceptors (Lipinski definition) is 7. The van der Waals surface area contributed by atoms with Crippen LogP contribution in [0.3, 0.4) is 0 Å². The number of nitrogens with zero attached hydrogens (tertiary/aromatic N) is 2. The minimum absolute atomic E-state index is 0.107. The predicted octanol–water partition coefficient (Wildman–Crippen LogP) is 3.05. The van der Waals surface area contributed by atoms with Gasteiger partial charge in [-0.1, -0.05) is 6.07 Å². The number of carbonyl (C=O) groups excluding carboxylic acids is 2. The summed E-state index contributed by atoms with van der Waals surface area (Å²) in [5.41, 5.74) is 3.90. The molecule has 2 N–H and O–H groups in total. The average molecular weight is 414 g/mol. The summed E-state index contributed by atoms with van der Waals surface area (Å²) >= 11 is 0. The first-order chi connectivity index (χ1) is 14.2. The van der Waals surface area contributed by atoms with Crippen LogP contribution in [0.1, 0.15) is 29.3 Å². The van der Waals surface area contributed by atoms with E-state index in [0.717, 1.165) is 0 Å². The summed E-state index contributed by atoms with van der Waals surface area (Å²) in [5.74, 6) is -0.0163. The maximum atomic E-state index is 12.3. The van der Waals surface area contributed by atoms with E-state index in [2.05, 4.69) is 15.8 Å². The first-order valence-corrected chi connectivity index (χ1v) is 8.85. The molecular formula is C20H22N4O6. The Morgan fingerprint density at radius 2 is 1.73 bits per heavy atom. The zero-order valence-corrected chi connectivity index (χ0v) is 17.0. The Morgan fingerprint density at radius 3 is 2.30 bits per heavy atom. The van der Waals surface area contributed by atoms with Crippen molar-refractivity contribution < 1.29 is 24.0 Å². The Hall–Kier alpha value is -3.95. The molecule has 0 aliphatic carbocycles. The Labute approximate surface area is 173 Å². The molecule has 0 radical (unpaired) electrons. The van der Waals surface area contributed by atoms with E-state index in [9.17, 15) is 19.7 Å². The normalized spacial score (nSPS) is 10.9. The van der Waals surface area contributed by atoms with Crippen molar-refractivity contribution in [2.45, 2.75) is 20.3 Å². The van der Waals surface area contributed by atoms with Gasteiger partial charge in [0.25, 0.3) is 11.6 Å². The SMILES string of the molecule is COc1cc(OC)cc(C(=O)N/N=C(/C)CC(=O)Nc2cc([N+](=O)[O-])ccc2C)c1. The number of nitro benzene ring substituents is 1. The number of amides is 2. The number of carbonyl (C=O) groups is 2. The summed E-state index contributed by atoms with van der Waals surface area (Å²) in [6.45, 7) is 3.30. The molecule has 0 saturated heterocycles. The van der Waals surface area contributed by atoms with Crippen LogP contribution in [0, 0.1) is 17.0 Å². The van der Waals surface area contributed by atoms with E-state index < -0.39 is 16.7 Å². The lowest BCUT2D eigenvalue weighted by Gasteiger charge is -2.09. The number of ether oxygens (including phenoxy) is 2. The van der Waals surface area contributed by atoms with E-state index in [1.807, 2.05) is 0 Å². The lowest BCUT2D eigenvalue weighted by Crippen LogP contribution is -2.21. The van der Waals surface area contributed by atoms with Crippen molar-refractivity contribution in [3.63, 3.8) is 0 Å². The number of methoxy groups -OCH3 is 2. The Kier molecular flexibility index (Phi) is 7.45. The molecule has 0 saturated carbocycles. The lowest BCUT2D eigenvalue weighted by atomic mass is 10.1. The topological polar surface area (TPSA) is 132 Å². The first-order valence-electron chi connectivity index (χ1n) is 8.85. The number of aryl methyl sites for hydroxylation is 1. The van der Waals surface area contributed by atoms with Gasteiger partial charge < -0.3 is 14.8 Å². The molecule has 2 aromatic rings.